The maximum Gasteiger partial charge on any atom is 0.230 e. The van der Waals surface area contributed by atoms with Crippen LogP contribution in [0, 0.1) is 0 Å². The van der Waals surface area contributed by atoms with E-state index in [0.717, 1.165) is 35.5 Å². The Morgan fingerprint density at radius 1 is 1.10 bits per heavy atom. The number of benzene rings is 1. The van der Waals surface area contributed by atoms with Gasteiger partial charge in [-0.3, -0.25) is 9.69 Å². The van der Waals surface area contributed by atoms with Gasteiger partial charge in [-0.25, -0.2) is 0 Å². The Morgan fingerprint density at radius 3 is 2.65 bits per heavy atom. The number of aromatic nitrogens is 3. The van der Waals surface area contributed by atoms with E-state index < -0.39 is 0 Å². The first-order chi connectivity index (χ1) is 15.2. The molecule has 1 aromatic carbocycles. The Hall–Kier alpha value is -2.16. The van der Waals surface area contributed by atoms with Crippen molar-refractivity contribution in [3.63, 3.8) is 0 Å². The van der Waals surface area contributed by atoms with Crippen LogP contribution in [0.15, 0.2) is 53.0 Å². The fraction of sp³-hybridized carbons (Fsp3) is 0.435. The molecular weight excluding hydrogens is 426 g/mol. The van der Waals surface area contributed by atoms with Crippen LogP contribution in [0.4, 0.5) is 0 Å². The third-order valence-corrected chi connectivity index (χ3v) is 7.49. The maximum atomic E-state index is 12.5. The highest BCUT2D eigenvalue weighted by Crippen LogP contribution is 2.22. The normalized spacial score (nSPS) is 15.6. The molecule has 6 nitrogen and oxygen atoms in total. The van der Waals surface area contributed by atoms with Gasteiger partial charge in [-0.2, -0.15) is 0 Å². The van der Waals surface area contributed by atoms with Gasteiger partial charge in [0.1, 0.15) is 5.82 Å². The van der Waals surface area contributed by atoms with E-state index in [1.165, 1.54) is 36.6 Å². The SMILES string of the molecule is CC(NC(=O)CSc1nnc(CN2CCCCC2)n1Cc1ccccc1)c1cccs1. The zero-order chi connectivity index (χ0) is 21.5. The number of hydrogen-bond acceptors (Lipinski definition) is 6. The van der Waals surface area contributed by atoms with E-state index in [1.807, 2.05) is 30.5 Å². The molecule has 4 rings (SSSR count). The van der Waals surface area contributed by atoms with Gasteiger partial charge >= 0.3 is 0 Å². The van der Waals surface area contributed by atoms with Crippen LogP contribution in [-0.2, 0) is 17.9 Å². The molecule has 3 heterocycles. The van der Waals surface area contributed by atoms with E-state index in [4.69, 9.17) is 0 Å². The number of amides is 1. The van der Waals surface area contributed by atoms with Crippen LogP contribution in [0.1, 0.15) is 48.5 Å². The molecule has 2 aromatic heterocycles. The van der Waals surface area contributed by atoms with Gasteiger partial charge in [0.2, 0.25) is 5.91 Å². The van der Waals surface area contributed by atoms with Gasteiger partial charge in [0.05, 0.1) is 24.9 Å². The quantitative estimate of drug-likeness (QED) is 0.486. The molecular formula is C23H29N5OS2. The van der Waals surface area contributed by atoms with Gasteiger partial charge in [0, 0.05) is 4.88 Å². The molecule has 1 aliphatic rings. The first-order valence-electron chi connectivity index (χ1n) is 10.8. The first kappa shape index (κ1) is 22.0. The third-order valence-electron chi connectivity index (χ3n) is 5.47. The standard InChI is InChI=1S/C23H29N5OS2/c1-18(20-11-8-14-30-20)24-22(29)17-31-23-26-25-21(16-27-12-6-3-7-13-27)28(23)15-19-9-4-2-5-10-19/h2,4-5,8-11,14,18H,3,6-7,12-13,15-17H2,1H3,(H,24,29). The lowest BCUT2D eigenvalue weighted by Gasteiger charge is -2.26. The summed E-state index contributed by atoms with van der Waals surface area (Å²) >= 11 is 3.12. The van der Waals surface area contributed by atoms with Crippen LogP contribution in [0.2, 0.25) is 0 Å². The van der Waals surface area contributed by atoms with E-state index in [-0.39, 0.29) is 11.9 Å². The maximum absolute atomic E-state index is 12.5. The minimum Gasteiger partial charge on any atom is -0.348 e. The summed E-state index contributed by atoms with van der Waals surface area (Å²) in [5, 5.41) is 14.9. The molecule has 1 saturated heterocycles. The molecule has 0 saturated carbocycles. The van der Waals surface area contributed by atoms with Gasteiger partial charge in [0.25, 0.3) is 0 Å². The topological polar surface area (TPSA) is 63.1 Å². The predicted octanol–water partition coefficient (Wildman–Crippen LogP) is 4.34. The van der Waals surface area contributed by atoms with E-state index in [1.54, 1.807) is 11.3 Å². The van der Waals surface area contributed by atoms with Crippen molar-refractivity contribution < 1.29 is 4.79 Å². The number of nitrogens with one attached hydrogen (secondary N) is 1. The number of carbonyl (C=O) groups excluding carboxylic acids is 1. The fourth-order valence-electron chi connectivity index (χ4n) is 3.81. The van der Waals surface area contributed by atoms with Crippen molar-refractivity contribution in [3.05, 3.63) is 64.1 Å². The monoisotopic (exact) mass is 455 g/mol. The van der Waals surface area contributed by atoms with Crippen LogP contribution in [0.25, 0.3) is 0 Å². The average Bonchev–Trinajstić information content (AvgIpc) is 3.45. The second-order valence-electron chi connectivity index (χ2n) is 7.90. The van der Waals surface area contributed by atoms with Crippen molar-refractivity contribution in [2.75, 3.05) is 18.8 Å². The van der Waals surface area contributed by atoms with Crippen molar-refractivity contribution in [3.8, 4) is 0 Å². The summed E-state index contributed by atoms with van der Waals surface area (Å²) < 4.78 is 2.17. The van der Waals surface area contributed by atoms with Gasteiger partial charge in [-0.1, -0.05) is 54.6 Å². The number of rotatable bonds is 9. The largest absolute Gasteiger partial charge is 0.348 e. The number of thioether (sulfide) groups is 1. The summed E-state index contributed by atoms with van der Waals surface area (Å²) in [6.45, 7) is 5.77. The van der Waals surface area contributed by atoms with Gasteiger partial charge in [-0.15, -0.1) is 21.5 Å². The lowest BCUT2D eigenvalue weighted by Crippen LogP contribution is -2.30. The molecule has 3 aromatic rings. The van der Waals surface area contributed by atoms with Crippen LogP contribution < -0.4 is 5.32 Å². The second-order valence-corrected chi connectivity index (χ2v) is 9.82. The smallest absolute Gasteiger partial charge is 0.230 e. The molecule has 1 unspecified atom stereocenters. The molecule has 1 amide bonds. The minimum absolute atomic E-state index is 0.0118. The van der Waals surface area contributed by atoms with Gasteiger partial charge in [-0.05, 0) is 49.9 Å². The zero-order valence-corrected chi connectivity index (χ0v) is 19.5. The zero-order valence-electron chi connectivity index (χ0n) is 17.9. The molecule has 1 fully saturated rings. The molecule has 31 heavy (non-hydrogen) atoms. The lowest BCUT2D eigenvalue weighted by atomic mass is 10.1. The van der Waals surface area contributed by atoms with E-state index in [9.17, 15) is 4.79 Å². The summed E-state index contributed by atoms with van der Waals surface area (Å²) in [6.07, 6.45) is 3.81. The number of likely N-dealkylation sites (tertiary alicyclic amines) is 1. The lowest BCUT2D eigenvalue weighted by molar-refractivity contribution is -0.119. The van der Waals surface area contributed by atoms with Crippen molar-refractivity contribution in [2.24, 2.45) is 0 Å². The number of carbonyl (C=O) groups is 1. The highest BCUT2D eigenvalue weighted by atomic mass is 32.2. The Bertz CT molecular complexity index is 952. The number of nitrogens with zero attached hydrogens (tertiary/aromatic N) is 4. The Morgan fingerprint density at radius 2 is 1.90 bits per heavy atom. The second kappa shape index (κ2) is 10.9. The summed E-state index contributed by atoms with van der Waals surface area (Å²) in [5.41, 5.74) is 1.21. The highest BCUT2D eigenvalue weighted by molar-refractivity contribution is 7.99. The molecule has 1 atom stereocenters. The first-order valence-corrected chi connectivity index (χ1v) is 12.7. The van der Waals surface area contributed by atoms with Crippen molar-refractivity contribution in [1.29, 1.82) is 0 Å². The molecule has 1 aliphatic heterocycles. The van der Waals surface area contributed by atoms with Crippen LogP contribution in [-0.4, -0.2) is 44.4 Å². The van der Waals surface area contributed by atoms with E-state index >= 15 is 0 Å². The van der Waals surface area contributed by atoms with Gasteiger partial charge < -0.3 is 9.88 Å². The van der Waals surface area contributed by atoms with E-state index in [0.29, 0.717) is 12.3 Å². The minimum atomic E-state index is 0.0118. The fourth-order valence-corrected chi connectivity index (χ4v) is 5.31. The van der Waals surface area contributed by atoms with Crippen molar-refractivity contribution in [1.82, 2.24) is 25.0 Å². The number of piperidine rings is 1. The molecule has 0 bridgehead atoms. The molecule has 0 spiro atoms. The molecule has 164 valence electrons. The van der Waals surface area contributed by atoms with Crippen LogP contribution in [0.3, 0.4) is 0 Å². The van der Waals surface area contributed by atoms with Gasteiger partial charge in [0.15, 0.2) is 5.16 Å². The molecule has 0 radical (unpaired) electrons. The molecule has 1 N–H and O–H groups in total. The van der Waals surface area contributed by atoms with Crippen molar-refractivity contribution in [2.45, 2.75) is 50.5 Å². The molecule has 8 heteroatoms. The number of thiophene rings is 1. The van der Waals surface area contributed by atoms with Crippen LogP contribution in [0.5, 0.6) is 0 Å². The summed E-state index contributed by atoms with van der Waals surface area (Å²) in [4.78, 5) is 16.1. The number of hydrogen-bond donors (Lipinski definition) is 1. The Balaban J connectivity index is 1.43. The third kappa shape index (κ3) is 6.18. The van der Waals surface area contributed by atoms with Crippen molar-refractivity contribution >= 4 is 29.0 Å². The summed E-state index contributed by atoms with van der Waals surface area (Å²) in [6, 6.07) is 14.4. The summed E-state index contributed by atoms with van der Waals surface area (Å²) in [7, 11) is 0. The molecule has 0 aliphatic carbocycles. The highest BCUT2D eigenvalue weighted by Gasteiger charge is 2.19. The van der Waals surface area contributed by atoms with E-state index in [2.05, 4.69) is 49.2 Å². The predicted molar refractivity (Wildman–Crippen MR) is 126 cm³/mol. The Kier molecular flexibility index (Phi) is 7.77. The summed E-state index contributed by atoms with van der Waals surface area (Å²) in [5.74, 6) is 1.31. The Labute approximate surface area is 192 Å². The average molecular weight is 456 g/mol. The van der Waals surface area contributed by atoms with Crippen LogP contribution >= 0.6 is 23.1 Å².